The first-order valence-corrected chi connectivity index (χ1v) is 7.22. The molecule has 0 bridgehead atoms. The second-order valence-electron chi connectivity index (χ2n) is 5.72. The summed E-state index contributed by atoms with van der Waals surface area (Å²) in [6, 6.07) is 4.76. The zero-order chi connectivity index (χ0) is 15.4. The van der Waals surface area contributed by atoms with Crippen LogP contribution in [0.5, 0.6) is 0 Å². The van der Waals surface area contributed by atoms with Gasteiger partial charge in [-0.1, -0.05) is 31.9 Å². The molecule has 2 atom stereocenters. The summed E-state index contributed by atoms with van der Waals surface area (Å²) in [6.07, 6.45) is 4.54. The van der Waals surface area contributed by atoms with Gasteiger partial charge in [-0.05, 0) is 24.3 Å². The van der Waals surface area contributed by atoms with E-state index in [1.54, 1.807) is 6.07 Å². The zero-order valence-electron chi connectivity index (χ0n) is 12.0. The Morgan fingerprint density at radius 3 is 2.86 bits per heavy atom. The van der Waals surface area contributed by atoms with Crippen LogP contribution in [0.3, 0.4) is 0 Å². The highest BCUT2D eigenvalue weighted by Gasteiger charge is 2.24. The highest BCUT2D eigenvalue weighted by atomic mass is 16.6. The van der Waals surface area contributed by atoms with Crippen LogP contribution in [0, 0.1) is 16.0 Å². The smallest absolute Gasteiger partial charge is 0.343 e. The van der Waals surface area contributed by atoms with Gasteiger partial charge in [-0.3, -0.25) is 10.1 Å². The van der Waals surface area contributed by atoms with E-state index in [-0.39, 0.29) is 11.3 Å². The number of carbonyl (C=O) groups is 1. The number of nitro groups is 1. The summed E-state index contributed by atoms with van der Waals surface area (Å²) in [5, 5.41) is 23.5. The maximum Gasteiger partial charge on any atom is 0.343 e. The first-order chi connectivity index (χ1) is 9.99. The lowest BCUT2D eigenvalue weighted by atomic mass is 9.87. The van der Waals surface area contributed by atoms with Gasteiger partial charge in [-0.15, -0.1) is 0 Å². The Kier molecular flexibility index (Phi) is 4.90. The van der Waals surface area contributed by atoms with Gasteiger partial charge in [0.1, 0.15) is 5.56 Å². The molecule has 21 heavy (non-hydrogen) atoms. The molecule has 2 unspecified atom stereocenters. The van der Waals surface area contributed by atoms with Gasteiger partial charge in [0.05, 0.1) is 4.92 Å². The molecule has 0 aromatic heterocycles. The van der Waals surface area contributed by atoms with Crippen molar-refractivity contribution < 1.29 is 14.8 Å². The minimum absolute atomic E-state index is 0.209. The van der Waals surface area contributed by atoms with Crippen molar-refractivity contribution in [3.63, 3.8) is 0 Å². The van der Waals surface area contributed by atoms with Gasteiger partial charge in [0.25, 0.3) is 5.69 Å². The molecule has 0 radical (unpaired) electrons. The van der Waals surface area contributed by atoms with Crippen molar-refractivity contribution in [2.75, 3.05) is 0 Å². The summed E-state index contributed by atoms with van der Waals surface area (Å²) in [7, 11) is 0. The number of nitrogens with one attached hydrogen (secondary N) is 1. The quantitative estimate of drug-likeness (QED) is 0.643. The molecule has 0 spiro atoms. The van der Waals surface area contributed by atoms with E-state index >= 15 is 0 Å². The van der Waals surface area contributed by atoms with Gasteiger partial charge in [0.15, 0.2) is 0 Å². The average molecular weight is 292 g/mol. The first kappa shape index (κ1) is 15.4. The van der Waals surface area contributed by atoms with Gasteiger partial charge in [0.2, 0.25) is 0 Å². The third-order valence-electron chi connectivity index (χ3n) is 4.06. The van der Waals surface area contributed by atoms with Crippen molar-refractivity contribution >= 4 is 11.7 Å². The van der Waals surface area contributed by atoms with Crippen LogP contribution in [-0.2, 0) is 6.54 Å². The third-order valence-corrected chi connectivity index (χ3v) is 4.06. The molecule has 1 aliphatic carbocycles. The molecule has 0 amide bonds. The number of rotatable bonds is 5. The van der Waals surface area contributed by atoms with E-state index in [1.807, 2.05) is 0 Å². The number of aromatic carboxylic acids is 1. The van der Waals surface area contributed by atoms with Gasteiger partial charge in [-0.2, -0.15) is 0 Å². The van der Waals surface area contributed by atoms with E-state index in [9.17, 15) is 20.0 Å². The van der Waals surface area contributed by atoms with Crippen molar-refractivity contribution in [1.82, 2.24) is 5.32 Å². The number of nitrogens with zero attached hydrogens (tertiary/aromatic N) is 1. The fourth-order valence-electron chi connectivity index (χ4n) is 3.01. The van der Waals surface area contributed by atoms with Crippen LogP contribution >= 0.6 is 0 Å². The van der Waals surface area contributed by atoms with Crippen LogP contribution in [0.1, 0.15) is 48.5 Å². The van der Waals surface area contributed by atoms with E-state index in [4.69, 9.17) is 0 Å². The maximum absolute atomic E-state index is 11.3. The van der Waals surface area contributed by atoms with E-state index < -0.39 is 10.9 Å². The van der Waals surface area contributed by atoms with Gasteiger partial charge in [0, 0.05) is 18.7 Å². The Balaban J connectivity index is 2.14. The topological polar surface area (TPSA) is 92.5 Å². The SMILES string of the molecule is CC1CCCC(NCc2cccc([N+](=O)[O-])c2C(=O)O)C1. The fraction of sp³-hybridized carbons (Fsp3) is 0.533. The minimum atomic E-state index is -1.25. The highest BCUT2D eigenvalue weighted by molar-refractivity contribution is 5.94. The van der Waals surface area contributed by atoms with Crippen LogP contribution in [0.25, 0.3) is 0 Å². The second-order valence-corrected chi connectivity index (χ2v) is 5.72. The molecule has 6 heteroatoms. The molecule has 1 fully saturated rings. The van der Waals surface area contributed by atoms with E-state index in [1.165, 1.54) is 25.0 Å². The summed E-state index contributed by atoms with van der Waals surface area (Å²) in [4.78, 5) is 21.6. The molecule has 1 aliphatic rings. The average Bonchev–Trinajstić information content (AvgIpc) is 2.44. The Morgan fingerprint density at radius 2 is 2.24 bits per heavy atom. The van der Waals surface area contributed by atoms with Gasteiger partial charge >= 0.3 is 5.97 Å². The fourth-order valence-corrected chi connectivity index (χ4v) is 3.01. The molecule has 1 aromatic carbocycles. The largest absolute Gasteiger partial charge is 0.477 e. The van der Waals surface area contributed by atoms with Crippen LogP contribution in [0.4, 0.5) is 5.69 Å². The molecule has 2 rings (SSSR count). The Hall–Kier alpha value is -1.95. The van der Waals surface area contributed by atoms with Crippen molar-refractivity contribution in [2.24, 2.45) is 5.92 Å². The summed E-state index contributed by atoms with van der Waals surface area (Å²) in [5.74, 6) is -0.587. The van der Waals surface area contributed by atoms with Crippen LogP contribution in [-0.4, -0.2) is 22.0 Å². The number of hydrogen-bond donors (Lipinski definition) is 2. The predicted molar refractivity (Wildman–Crippen MR) is 78.3 cm³/mol. The second kappa shape index (κ2) is 6.67. The monoisotopic (exact) mass is 292 g/mol. The van der Waals surface area contributed by atoms with Gasteiger partial charge < -0.3 is 10.4 Å². The molecular weight excluding hydrogens is 272 g/mol. The maximum atomic E-state index is 11.3. The molecular formula is C15H20N2O4. The van der Waals surface area contributed by atoms with Crippen LogP contribution < -0.4 is 5.32 Å². The minimum Gasteiger partial charge on any atom is -0.477 e. The Morgan fingerprint density at radius 1 is 1.48 bits per heavy atom. The number of hydrogen-bond acceptors (Lipinski definition) is 4. The lowest BCUT2D eigenvalue weighted by Gasteiger charge is -2.27. The Bertz CT molecular complexity index is 544. The van der Waals surface area contributed by atoms with Crippen LogP contribution in [0.2, 0.25) is 0 Å². The molecule has 1 aromatic rings. The van der Waals surface area contributed by atoms with Crippen molar-refractivity contribution in [3.05, 3.63) is 39.4 Å². The molecule has 1 saturated carbocycles. The molecule has 114 valence electrons. The molecule has 2 N–H and O–H groups in total. The van der Waals surface area contributed by atoms with Gasteiger partial charge in [-0.25, -0.2) is 4.79 Å². The highest BCUT2D eigenvalue weighted by Crippen LogP contribution is 2.25. The van der Waals surface area contributed by atoms with E-state index in [0.29, 0.717) is 24.1 Å². The van der Waals surface area contributed by atoms with Crippen molar-refractivity contribution in [3.8, 4) is 0 Å². The Labute approximate surface area is 123 Å². The van der Waals surface area contributed by atoms with Crippen molar-refractivity contribution in [2.45, 2.75) is 45.2 Å². The summed E-state index contributed by atoms with van der Waals surface area (Å²) in [6.45, 7) is 2.56. The number of benzene rings is 1. The number of carboxylic acid groups (broad SMARTS) is 1. The van der Waals surface area contributed by atoms with E-state index in [2.05, 4.69) is 12.2 Å². The molecule has 0 aliphatic heterocycles. The lowest BCUT2D eigenvalue weighted by Crippen LogP contribution is -2.33. The van der Waals surface area contributed by atoms with E-state index in [0.717, 1.165) is 12.8 Å². The number of carboxylic acids is 1. The normalized spacial score (nSPS) is 22.0. The summed E-state index contributed by atoms with van der Waals surface area (Å²) >= 11 is 0. The third kappa shape index (κ3) is 3.78. The van der Waals surface area contributed by atoms with Crippen molar-refractivity contribution in [1.29, 1.82) is 0 Å². The summed E-state index contributed by atoms with van der Waals surface area (Å²) in [5.41, 5.74) is -0.0902. The lowest BCUT2D eigenvalue weighted by molar-refractivity contribution is -0.385. The molecule has 6 nitrogen and oxygen atoms in total. The van der Waals surface area contributed by atoms with Crippen LogP contribution in [0.15, 0.2) is 18.2 Å². The molecule has 0 heterocycles. The standard InChI is InChI=1S/C15H20N2O4/c1-10-4-2-6-12(8-10)16-9-11-5-3-7-13(17(20)21)14(11)15(18)19/h3,5,7,10,12,16H,2,4,6,8-9H2,1H3,(H,18,19). The number of nitro benzene ring substituents is 1. The zero-order valence-corrected chi connectivity index (χ0v) is 12.0. The summed E-state index contributed by atoms with van der Waals surface area (Å²) < 4.78 is 0. The predicted octanol–water partition coefficient (Wildman–Crippen LogP) is 2.96. The first-order valence-electron chi connectivity index (χ1n) is 7.22. The molecule has 0 saturated heterocycles.